The number of unbranched alkanes of at least 4 members (excludes halogenated alkanes) is 5. The number of hydrogen-bond donors (Lipinski definition) is 0. The van der Waals surface area contributed by atoms with Crippen LogP contribution in [0.5, 0.6) is 0 Å². The SMILES string of the molecule is CCCCCCCC[N+](C)(C)c1ccc(C=Nc2c(C)n(C)n(-c3ccccc3)c2=O)cc1.[Br-]. The Morgan fingerprint density at radius 2 is 1.53 bits per heavy atom. The molecule has 0 atom stereocenters. The maximum absolute atomic E-state index is 13.0. The van der Waals surface area contributed by atoms with Gasteiger partial charge in [-0.2, -0.15) is 0 Å². The Morgan fingerprint density at radius 3 is 2.18 bits per heavy atom. The molecular weight excluding hydrogens is 488 g/mol. The van der Waals surface area contributed by atoms with Crippen molar-refractivity contribution < 1.29 is 17.0 Å². The maximum Gasteiger partial charge on any atom is 0.297 e. The minimum absolute atomic E-state index is 0. The summed E-state index contributed by atoms with van der Waals surface area (Å²) in [5.41, 5.74) is 4.34. The van der Waals surface area contributed by atoms with E-state index in [0.29, 0.717) is 5.69 Å². The van der Waals surface area contributed by atoms with E-state index in [-0.39, 0.29) is 22.5 Å². The predicted molar refractivity (Wildman–Crippen MR) is 141 cm³/mol. The van der Waals surface area contributed by atoms with Crippen molar-refractivity contribution in [3.63, 3.8) is 0 Å². The number of aliphatic imine (C=N–C) groups is 1. The van der Waals surface area contributed by atoms with Crippen molar-refractivity contribution in [2.24, 2.45) is 12.0 Å². The van der Waals surface area contributed by atoms with Crippen LogP contribution in [0.25, 0.3) is 5.69 Å². The zero-order valence-corrected chi connectivity index (χ0v) is 22.9. The lowest BCUT2D eigenvalue weighted by molar-refractivity contribution is -0.00000719. The first-order valence-electron chi connectivity index (χ1n) is 12.2. The fraction of sp³-hybridized carbons (Fsp3) is 0.429. The van der Waals surface area contributed by atoms with Gasteiger partial charge in [0.15, 0.2) is 5.69 Å². The molecule has 0 saturated carbocycles. The van der Waals surface area contributed by atoms with E-state index in [2.05, 4.69) is 50.3 Å². The highest BCUT2D eigenvalue weighted by molar-refractivity contribution is 5.82. The summed E-state index contributed by atoms with van der Waals surface area (Å²) in [6, 6.07) is 18.2. The van der Waals surface area contributed by atoms with Crippen molar-refractivity contribution in [2.75, 3.05) is 20.6 Å². The van der Waals surface area contributed by atoms with Gasteiger partial charge in [0, 0.05) is 13.3 Å². The van der Waals surface area contributed by atoms with Gasteiger partial charge in [-0.1, -0.05) is 50.8 Å². The molecule has 1 aromatic heterocycles. The Hall–Kier alpha value is -2.44. The summed E-state index contributed by atoms with van der Waals surface area (Å²) in [7, 11) is 6.43. The van der Waals surface area contributed by atoms with E-state index in [1.807, 2.05) is 49.0 Å². The van der Waals surface area contributed by atoms with Gasteiger partial charge in [0.05, 0.1) is 32.0 Å². The molecule has 6 heteroatoms. The Labute approximate surface area is 215 Å². The monoisotopic (exact) mass is 526 g/mol. The van der Waals surface area contributed by atoms with Crippen LogP contribution in [0.3, 0.4) is 0 Å². The smallest absolute Gasteiger partial charge is 0.297 e. The maximum atomic E-state index is 13.0. The second-order valence-electron chi connectivity index (χ2n) is 9.44. The first-order valence-corrected chi connectivity index (χ1v) is 12.2. The minimum Gasteiger partial charge on any atom is -1.00 e. The van der Waals surface area contributed by atoms with Gasteiger partial charge in [-0.05, 0) is 61.7 Å². The molecule has 184 valence electrons. The van der Waals surface area contributed by atoms with Gasteiger partial charge in [0.1, 0.15) is 5.69 Å². The average molecular weight is 528 g/mol. The van der Waals surface area contributed by atoms with Crippen LogP contribution in [0, 0.1) is 6.92 Å². The summed E-state index contributed by atoms with van der Waals surface area (Å²) in [5.74, 6) is 0. The number of halogens is 1. The molecule has 0 bridgehead atoms. The quantitative estimate of drug-likeness (QED) is 0.215. The van der Waals surface area contributed by atoms with Crippen LogP contribution in [0.1, 0.15) is 56.7 Å². The van der Waals surface area contributed by atoms with E-state index in [1.165, 1.54) is 44.2 Å². The molecule has 0 aliphatic carbocycles. The van der Waals surface area contributed by atoms with Crippen LogP contribution in [0.4, 0.5) is 11.4 Å². The molecule has 34 heavy (non-hydrogen) atoms. The highest BCUT2D eigenvalue weighted by Crippen LogP contribution is 2.21. The van der Waals surface area contributed by atoms with Crippen LogP contribution in [-0.2, 0) is 7.05 Å². The molecule has 1 heterocycles. The van der Waals surface area contributed by atoms with E-state index in [4.69, 9.17) is 0 Å². The van der Waals surface area contributed by atoms with E-state index in [0.717, 1.165) is 28.0 Å². The molecule has 3 aromatic rings. The second kappa shape index (κ2) is 12.9. The molecule has 3 rings (SSSR count). The summed E-state index contributed by atoms with van der Waals surface area (Å²) in [6.45, 7) is 5.33. The van der Waals surface area contributed by atoms with Gasteiger partial charge in [-0.15, -0.1) is 0 Å². The molecular formula is C28H39BrN4O. The summed E-state index contributed by atoms with van der Waals surface area (Å²) < 4.78 is 4.40. The molecule has 2 aromatic carbocycles. The van der Waals surface area contributed by atoms with Gasteiger partial charge in [-0.25, -0.2) is 9.67 Å². The van der Waals surface area contributed by atoms with Gasteiger partial charge >= 0.3 is 0 Å². The summed E-state index contributed by atoms with van der Waals surface area (Å²) in [4.78, 5) is 17.6. The minimum atomic E-state index is -0.106. The molecule has 0 unspecified atom stereocenters. The number of nitrogens with zero attached hydrogens (tertiary/aromatic N) is 4. The van der Waals surface area contributed by atoms with Gasteiger partial charge < -0.3 is 17.0 Å². The van der Waals surface area contributed by atoms with Crippen molar-refractivity contribution >= 4 is 17.6 Å². The average Bonchev–Trinajstić information content (AvgIpc) is 3.03. The van der Waals surface area contributed by atoms with Gasteiger partial charge in [0.25, 0.3) is 5.56 Å². The van der Waals surface area contributed by atoms with E-state index >= 15 is 0 Å². The van der Waals surface area contributed by atoms with E-state index in [1.54, 1.807) is 10.9 Å². The first-order chi connectivity index (χ1) is 15.8. The topological polar surface area (TPSA) is 39.3 Å². The molecule has 0 spiro atoms. The standard InChI is InChI=1S/C28H39N4O.BrH/c1-6-7-8-9-10-14-21-32(4,5)26-19-17-24(18-20-26)22-29-27-23(2)30(3)31(28(27)33)25-15-12-11-13-16-25;/h11-13,15-20,22H,6-10,14,21H2,1-5H3;1H/q+1;/p-1. The Morgan fingerprint density at radius 1 is 0.912 bits per heavy atom. The zero-order chi connectivity index (χ0) is 23.8. The fourth-order valence-corrected chi connectivity index (χ4v) is 4.22. The third-order valence-corrected chi connectivity index (χ3v) is 6.53. The number of benzene rings is 2. The molecule has 0 fully saturated rings. The van der Waals surface area contributed by atoms with Gasteiger partial charge in [-0.3, -0.25) is 14.0 Å². The largest absolute Gasteiger partial charge is 1.00 e. The third-order valence-electron chi connectivity index (χ3n) is 6.53. The van der Waals surface area contributed by atoms with Crippen molar-refractivity contribution in [1.29, 1.82) is 0 Å². The van der Waals surface area contributed by atoms with Crippen LogP contribution >= 0.6 is 0 Å². The van der Waals surface area contributed by atoms with Crippen LogP contribution in [-0.4, -0.2) is 36.2 Å². The molecule has 0 radical (unpaired) electrons. The second-order valence-corrected chi connectivity index (χ2v) is 9.44. The third kappa shape index (κ3) is 6.80. The summed E-state index contributed by atoms with van der Waals surface area (Å²) in [5, 5.41) is 0. The number of hydrogen-bond acceptors (Lipinski definition) is 2. The highest BCUT2D eigenvalue weighted by atomic mass is 79.9. The van der Waals surface area contributed by atoms with Crippen LogP contribution in [0.2, 0.25) is 0 Å². The molecule has 0 amide bonds. The molecule has 0 saturated heterocycles. The normalized spacial score (nSPS) is 11.7. The molecule has 0 aliphatic heterocycles. The van der Waals surface area contributed by atoms with Crippen molar-refractivity contribution in [3.05, 3.63) is 76.2 Å². The first kappa shape index (κ1) is 27.8. The lowest BCUT2D eigenvalue weighted by atomic mass is 10.1. The molecule has 0 N–H and O–H groups in total. The van der Waals surface area contributed by atoms with Crippen molar-refractivity contribution in [2.45, 2.75) is 52.4 Å². The number of rotatable bonds is 11. The van der Waals surface area contributed by atoms with Gasteiger partial charge in [0.2, 0.25) is 0 Å². The Kier molecular flexibility index (Phi) is 10.5. The Bertz CT molecular complexity index is 1110. The predicted octanol–water partition coefficient (Wildman–Crippen LogP) is 3.17. The zero-order valence-electron chi connectivity index (χ0n) is 21.3. The summed E-state index contributed by atoms with van der Waals surface area (Å²) in [6.07, 6.45) is 9.69. The summed E-state index contributed by atoms with van der Waals surface area (Å²) >= 11 is 0. The highest BCUT2D eigenvalue weighted by Gasteiger charge is 2.18. The van der Waals surface area contributed by atoms with Crippen LogP contribution < -0.4 is 27.0 Å². The number of aromatic nitrogens is 2. The fourth-order valence-electron chi connectivity index (χ4n) is 4.22. The van der Waals surface area contributed by atoms with Crippen molar-refractivity contribution in [1.82, 2.24) is 13.8 Å². The number of para-hydroxylation sites is 1. The van der Waals surface area contributed by atoms with Crippen LogP contribution in [0.15, 0.2) is 64.4 Å². The lowest BCUT2D eigenvalue weighted by Crippen LogP contribution is -3.00. The van der Waals surface area contributed by atoms with E-state index < -0.39 is 0 Å². The molecule has 5 nitrogen and oxygen atoms in total. The van der Waals surface area contributed by atoms with E-state index in [9.17, 15) is 4.79 Å². The Balaban J connectivity index is 0.00000408. The molecule has 0 aliphatic rings. The number of quaternary nitrogens is 1. The van der Waals surface area contributed by atoms with Crippen molar-refractivity contribution in [3.8, 4) is 5.69 Å². The lowest BCUT2D eigenvalue weighted by Gasteiger charge is -2.29.